The van der Waals surface area contributed by atoms with Crippen molar-refractivity contribution in [1.82, 2.24) is 29.5 Å². The van der Waals surface area contributed by atoms with Gasteiger partial charge in [0.15, 0.2) is 5.65 Å². The number of aromatic nitrogens is 4. The summed E-state index contributed by atoms with van der Waals surface area (Å²) < 4.78 is 6.54. The molecule has 0 radical (unpaired) electrons. The molecule has 5 rings (SSSR count). The Kier molecular flexibility index (Phi) is 5.78. The second kappa shape index (κ2) is 8.79. The molecule has 1 aliphatic heterocycles. The van der Waals surface area contributed by atoms with E-state index in [0.717, 1.165) is 18.5 Å². The Morgan fingerprint density at radius 3 is 2.31 bits per heavy atom. The van der Waals surface area contributed by atoms with Crippen molar-refractivity contribution in [3.63, 3.8) is 0 Å². The van der Waals surface area contributed by atoms with E-state index < -0.39 is 11.2 Å². The number of hydrogen-bond donors (Lipinski definition) is 1. The average molecular weight is 481 g/mol. The topological polar surface area (TPSA) is 134 Å². The molecule has 0 atom stereocenters. The number of pyridine rings is 1. The van der Waals surface area contributed by atoms with Crippen LogP contribution in [0.4, 0.5) is 0 Å². The quantitative estimate of drug-likeness (QED) is 0.585. The Morgan fingerprint density at radius 2 is 1.74 bits per heavy atom. The number of nitrogens with one attached hydrogen (secondary N) is 1. The summed E-state index contributed by atoms with van der Waals surface area (Å²) in [5.41, 5.74) is 0.732. The Hall–Kier alpha value is -3.76. The lowest BCUT2D eigenvalue weighted by molar-refractivity contribution is 0.0513. The van der Waals surface area contributed by atoms with Crippen molar-refractivity contribution in [2.45, 2.75) is 46.1 Å². The summed E-state index contributed by atoms with van der Waals surface area (Å²) in [7, 11) is 0. The van der Waals surface area contributed by atoms with Crippen LogP contribution in [0.5, 0.6) is 0 Å². The monoisotopic (exact) mass is 480 g/mol. The third-order valence-electron chi connectivity index (χ3n) is 6.44. The lowest BCUT2D eigenvalue weighted by atomic mass is 10.1. The average Bonchev–Trinajstić information content (AvgIpc) is 3.60. The van der Waals surface area contributed by atoms with Gasteiger partial charge >= 0.3 is 5.69 Å². The number of piperazine rings is 1. The number of carbonyl (C=O) groups excluding carboxylic acids is 2. The maximum atomic E-state index is 13.7. The molecule has 3 aromatic heterocycles. The molecule has 2 fully saturated rings. The summed E-state index contributed by atoms with van der Waals surface area (Å²) >= 11 is 0. The van der Waals surface area contributed by atoms with Crippen molar-refractivity contribution in [1.29, 1.82) is 0 Å². The molecular formula is C24H28N6O5. The molecule has 35 heavy (non-hydrogen) atoms. The Morgan fingerprint density at radius 1 is 1.09 bits per heavy atom. The highest BCUT2D eigenvalue weighted by atomic mass is 16.5. The van der Waals surface area contributed by atoms with Crippen LogP contribution in [0.1, 0.15) is 64.9 Å². The highest BCUT2D eigenvalue weighted by Gasteiger charge is 2.32. The molecule has 1 saturated heterocycles. The molecular weight excluding hydrogens is 452 g/mol. The molecule has 0 spiro atoms. The van der Waals surface area contributed by atoms with Gasteiger partial charge in [-0.2, -0.15) is 0 Å². The van der Waals surface area contributed by atoms with E-state index in [2.05, 4.69) is 15.1 Å². The maximum Gasteiger partial charge on any atom is 0.330 e. The lowest BCUT2D eigenvalue weighted by Crippen LogP contribution is -2.50. The normalized spacial score (nSPS) is 16.3. The third-order valence-corrected chi connectivity index (χ3v) is 6.44. The van der Waals surface area contributed by atoms with Gasteiger partial charge in [-0.05, 0) is 31.7 Å². The van der Waals surface area contributed by atoms with Crippen LogP contribution < -0.4 is 11.2 Å². The summed E-state index contributed by atoms with van der Waals surface area (Å²) in [4.78, 5) is 62.1. The van der Waals surface area contributed by atoms with Crippen LogP contribution in [0, 0.1) is 12.8 Å². The van der Waals surface area contributed by atoms with Crippen molar-refractivity contribution in [2.75, 3.05) is 26.2 Å². The molecule has 2 amide bonds. The largest absolute Gasteiger partial charge is 0.351 e. The molecule has 11 heteroatoms. The Bertz CT molecular complexity index is 1420. The fourth-order valence-corrected chi connectivity index (χ4v) is 4.49. The van der Waals surface area contributed by atoms with E-state index in [-0.39, 0.29) is 46.0 Å². The van der Waals surface area contributed by atoms with Gasteiger partial charge in [0.2, 0.25) is 5.76 Å². The zero-order valence-corrected chi connectivity index (χ0v) is 20.0. The molecule has 1 saturated carbocycles. The van der Waals surface area contributed by atoms with Crippen LogP contribution in [-0.4, -0.2) is 67.5 Å². The highest BCUT2D eigenvalue weighted by Crippen LogP contribution is 2.40. The number of carbonyl (C=O) groups is 2. The first-order valence-electron chi connectivity index (χ1n) is 11.9. The summed E-state index contributed by atoms with van der Waals surface area (Å²) in [6.45, 7) is 7.35. The van der Waals surface area contributed by atoms with E-state index in [1.54, 1.807) is 28.9 Å². The van der Waals surface area contributed by atoms with Gasteiger partial charge in [-0.25, -0.2) is 9.78 Å². The first-order chi connectivity index (χ1) is 16.7. The minimum absolute atomic E-state index is 0.135. The van der Waals surface area contributed by atoms with Crippen molar-refractivity contribution in [3.8, 4) is 0 Å². The summed E-state index contributed by atoms with van der Waals surface area (Å²) in [6, 6.07) is 3.29. The van der Waals surface area contributed by atoms with Gasteiger partial charge in [-0.15, -0.1) is 0 Å². The fraction of sp³-hybridized carbons (Fsp3) is 0.500. The predicted molar refractivity (Wildman–Crippen MR) is 126 cm³/mol. The molecule has 0 unspecified atom stereocenters. The minimum atomic E-state index is -0.613. The zero-order valence-electron chi connectivity index (χ0n) is 20.0. The summed E-state index contributed by atoms with van der Waals surface area (Å²) in [5, 5.41) is 3.90. The van der Waals surface area contributed by atoms with E-state index in [1.165, 1.54) is 4.57 Å². The Labute approximate surface area is 200 Å². The number of H-pyrrole nitrogens is 1. The fourth-order valence-electron chi connectivity index (χ4n) is 4.49. The maximum absolute atomic E-state index is 13.7. The second-order valence-corrected chi connectivity index (χ2v) is 9.75. The number of nitrogens with zero attached hydrogens (tertiary/aromatic N) is 5. The highest BCUT2D eigenvalue weighted by molar-refractivity contribution is 6.05. The lowest BCUT2D eigenvalue weighted by Gasteiger charge is -2.34. The molecule has 184 valence electrons. The number of hydrogen-bond acceptors (Lipinski definition) is 7. The van der Waals surface area contributed by atoms with E-state index in [0.29, 0.717) is 38.4 Å². The first-order valence-corrected chi connectivity index (χ1v) is 11.9. The van der Waals surface area contributed by atoms with Crippen LogP contribution in [0.3, 0.4) is 0 Å². The number of amides is 2. The third kappa shape index (κ3) is 4.38. The van der Waals surface area contributed by atoms with Gasteiger partial charge in [0.1, 0.15) is 0 Å². The molecule has 1 N–H and O–H groups in total. The number of aryl methyl sites for hydroxylation is 1. The van der Waals surface area contributed by atoms with Gasteiger partial charge in [0.25, 0.3) is 17.4 Å². The van der Waals surface area contributed by atoms with Crippen LogP contribution in [0.25, 0.3) is 11.0 Å². The number of fused-ring (bicyclic) bond motifs is 1. The van der Waals surface area contributed by atoms with Crippen molar-refractivity contribution >= 4 is 22.8 Å². The van der Waals surface area contributed by atoms with Gasteiger partial charge in [-0.3, -0.25) is 23.9 Å². The second-order valence-electron chi connectivity index (χ2n) is 9.75. The minimum Gasteiger partial charge on any atom is -0.351 e. The smallest absolute Gasteiger partial charge is 0.330 e. The van der Waals surface area contributed by atoms with Crippen LogP contribution in [0.2, 0.25) is 0 Å². The van der Waals surface area contributed by atoms with E-state index in [9.17, 15) is 19.2 Å². The molecule has 3 aromatic rings. The van der Waals surface area contributed by atoms with E-state index in [1.807, 2.05) is 13.8 Å². The molecule has 11 nitrogen and oxygen atoms in total. The molecule has 1 aliphatic carbocycles. The van der Waals surface area contributed by atoms with Gasteiger partial charge < -0.3 is 14.3 Å². The summed E-state index contributed by atoms with van der Waals surface area (Å²) in [6.07, 6.45) is 1.93. The SMILES string of the molecule is Cc1cc(C(=O)N2CCN(C(=O)c3cc(C4CC4)nc4c3c(=O)[nH]c(=O)n4CC(C)C)CC2)on1. The molecule has 0 bridgehead atoms. The first kappa shape index (κ1) is 23.0. The molecule has 0 aromatic carbocycles. The van der Waals surface area contributed by atoms with Crippen LogP contribution >= 0.6 is 0 Å². The van der Waals surface area contributed by atoms with Crippen molar-refractivity contribution < 1.29 is 14.1 Å². The van der Waals surface area contributed by atoms with Crippen LogP contribution in [0.15, 0.2) is 26.2 Å². The Balaban J connectivity index is 1.47. The summed E-state index contributed by atoms with van der Waals surface area (Å²) in [5.74, 6) is -0.0238. The zero-order chi connectivity index (χ0) is 24.9. The van der Waals surface area contributed by atoms with Crippen molar-refractivity contribution in [2.24, 2.45) is 5.92 Å². The predicted octanol–water partition coefficient (Wildman–Crippen LogP) is 1.51. The van der Waals surface area contributed by atoms with E-state index >= 15 is 0 Å². The van der Waals surface area contributed by atoms with E-state index in [4.69, 9.17) is 4.52 Å². The van der Waals surface area contributed by atoms with Gasteiger partial charge in [-0.1, -0.05) is 19.0 Å². The number of rotatable bonds is 5. The van der Waals surface area contributed by atoms with Gasteiger partial charge in [0.05, 0.1) is 16.6 Å². The van der Waals surface area contributed by atoms with Gasteiger partial charge in [0, 0.05) is 50.4 Å². The van der Waals surface area contributed by atoms with Crippen molar-refractivity contribution in [3.05, 3.63) is 55.7 Å². The van der Waals surface area contributed by atoms with Crippen LogP contribution in [-0.2, 0) is 6.54 Å². The molecule has 4 heterocycles. The number of aromatic amines is 1. The molecule has 2 aliphatic rings. The standard InChI is InChI=1S/C24H28N6O5/c1-13(2)12-30-20-19(21(31)26-24(30)34)16(11-17(25-20)15-4-5-15)22(32)28-6-8-29(9-7-28)23(33)18-10-14(3)27-35-18/h10-11,13,15H,4-9,12H2,1-3H3,(H,26,31,34).